The number of hydrogen-bond acceptors (Lipinski definition) is 4. The molecule has 0 radical (unpaired) electrons. The number of rotatable bonds is 3. The summed E-state index contributed by atoms with van der Waals surface area (Å²) in [6, 6.07) is 7.42. The Kier molecular flexibility index (Phi) is 3.51. The molecule has 0 fully saturated rings. The molecule has 21 heavy (non-hydrogen) atoms. The highest BCUT2D eigenvalue weighted by Gasteiger charge is 2.32. The summed E-state index contributed by atoms with van der Waals surface area (Å²) in [6.07, 6.45) is 2.37. The number of benzene rings is 1. The van der Waals surface area contributed by atoms with Crippen molar-refractivity contribution in [1.82, 2.24) is 4.98 Å². The van der Waals surface area contributed by atoms with Gasteiger partial charge in [0.15, 0.2) is 11.5 Å². The van der Waals surface area contributed by atoms with Gasteiger partial charge in [0.1, 0.15) is 10.6 Å². The lowest BCUT2D eigenvalue weighted by molar-refractivity contribution is 0.135. The molecule has 1 aromatic carbocycles. The van der Waals surface area contributed by atoms with Crippen LogP contribution in [-0.2, 0) is 13.0 Å². The second-order valence-corrected chi connectivity index (χ2v) is 6.08. The van der Waals surface area contributed by atoms with E-state index in [1.807, 2.05) is 32.0 Å². The number of aliphatic hydroxyl groups excluding tert-OH is 1. The van der Waals surface area contributed by atoms with E-state index in [-0.39, 0.29) is 12.2 Å². The summed E-state index contributed by atoms with van der Waals surface area (Å²) in [5, 5.41) is 9.43. The van der Waals surface area contributed by atoms with Crippen LogP contribution in [0.15, 0.2) is 30.5 Å². The van der Waals surface area contributed by atoms with E-state index < -0.39 is 0 Å². The molecule has 2 aromatic rings. The maximum atomic E-state index is 9.07. The minimum Gasteiger partial charge on any atom is -0.483 e. The predicted molar refractivity (Wildman–Crippen MR) is 80.1 cm³/mol. The van der Waals surface area contributed by atoms with Gasteiger partial charge in [0.05, 0.1) is 6.61 Å². The molecule has 0 aliphatic carbocycles. The fourth-order valence-electron chi connectivity index (χ4n) is 2.40. The van der Waals surface area contributed by atoms with Gasteiger partial charge in [-0.1, -0.05) is 23.7 Å². The SMILES string of the molecule is CC1(C)Cc2cccc(Oc3ncc(CO)cc3Cl)c2O1. The van der Waals surface area contributed by atoms with Gasteiger partial charge in [-0.15, -0.1) is 0 Å². The lowest BCUT2D eigenvalue weighted by Gasteiger charge is -2.18. The molecule has 4 nitrogen and oxygen atoms in total. The third-order valence-electron chi connectivity index (χ3n) is 3.31. The van der Waals surface area contributed by atoms with Gasteiger partial charge in [-0.25, -0.2) is 4.98 Å². The largest absolute Gasteiger partial charge is 0.483 e. The lowest BCUT2D eigenvalue weighted by atomic mass is 10.0. The highest BCUT2D eigenvalue weighted by Crippen LogP contribution is 2.43. The van der Waals surface area contributed by atoms with Crippen molar-refractivity contribution in [1.29, 1.82) is 0 Å². The topological polar surface area (TPSA) is 51.6 Å². The second kappa shape index (κ2) is 5.20. The van der Waals surface area contributed by atoms with Gasteiger partial charge >= 0.3 is 0 Å². The second-order valence-electron chi connectivity index (χ2n) is 5.67. The Bertz CT molecular complexity index is 685. The predicted octanol–water partition coefficient (Wildman–Crippen LogP) is 3.73. The molecule has 110 valence electrons. The summed E-state index contributed by atoms with van der Waals surface area (Å²) < 4.78 is 11.7. The molecule has 0 saturated heterocycles. The number of halogens is 1. The number of aromatic nitrogens is 1. The van der Waals surface area contributed by atoms with E-state index in [2.05, 4.69) is 4.98 Å². The van der Waals surface area contributed by atoms with Crippen LogP contribution in [0, 0.1) is 0 Å². The van der Waals surface area contributed by atoms with Crippen LogP contribution in [0.25, 0.3) is 0 Å². The van der Waals surface area contributed by atoms with Crippen molar-refractivity contribution in [2.24, 2.45) is 0 Å². The Labute approximate surface area is 128 Å². The van der Waals surface area contributed by atoms with E-state index in [0.717, 1.165) is 17.7 Å². The van der Waals surface area contributed by atoms with Gasteiger partial charge in [0.25, 0.3) is 0 Å². The highest BCUT2D eigenvalue weighted by atomic mass is 35.5. The molecule has 0 bridgehead atoms. The summed E-state index contributed by atoms with van der Waals surface area (Å²) in [5.74, 6) is 1.64. The van der Waals surface area contributed by atoms with Crippen LogP contribution in [0.4, 0.5) is 0 Å². The van der Waals surface area contributed by atoms with Gasteiger partial charge in [0.2, 0.25) is 5.88 Å². The van der Waals surface area contributed by atoms with Gasteiger partial charge in [-0.05, 0) is 31.5 Å². The summed E-state index contributed by atoms with van der Waals surface area (Å²) in [7, 11) is 0. The first-order chi connectivity index (χ1) is 9.98. The van der Waals surface area contributed by atoms with Crippen LogP contribution in [0.1, 0.15) is 25.0 Å². The zero-order chi connectivity index (χ0) is 15.0. The van der Waals surface area contributed by atoms with Crippen LogP contribution in [-0.4, -0.2) is 15.7 Å². The monoisotopic (exact) mass is 305 g/mol. The Balaban J connectivity index is 1.92. The Morgan fingerprint density at radius 3 is 2.95 bits per heavy atom. The molecule has 0 unspecified atom stereocenters. The number of aliphatic hydroxyl groups is 1. The van der Waals surface area contributed by atoms with E-state index in [9.17, 15) is 0 Å². The average Bonchev–Trinajstić information content (AvgIpc) is 2.76. The van der Waals surface area contributed by atoms with Crippen LogP contribution in [0.3, 0.4) is 0 Å². The third-order valence-corrected chi connectivity index (χ3v) is 3.58. The van der Waals surface area contributed by atoms with Gasteiger partial charge in [-0.2, -0.15) is 0 Å². The molecule has 0 saturated carbocycles. The summed E-state index contributed by atoms with van der Waals surface area (Å²) >= 11 is 6.13. The number of pyridine rings is 1. The number of hydrogen-bond donors (Lipinski definition) is 1. The highest BCUT2D eigenvalue weighted by molar-refractivity contribution is 6.31. The van der Waals surface area contributed by atoms with Gasteiger partial charge in [-0.3, -0.25) is 0 Å². The first-order valence-electron chi connectivity index (χ1n) is 6.72. The van der Waals surface area contributed by atoms with E-state index >= 15 is 0 Å². The van der Waals surface area contributed by atoms with Gasteiger partial charge in [0, 0.05) is 18.2 Å². The quantitative estimate of drug-likeness (QED) is 0.938. The van der Waals surface area contributed by atoms with Crippen molar-refractivity contribution in [2.45, 2.75) is 32.5 Å². The third kappa shape index (κ3) is 2.82. The molecule has 5 heteroatoms. The Morgan fingerprint density at radius 1 is 1.43 bits per heavy atom. The van der Waals surface area contributed by atoms with E-state index in [1.165, 1.54) is 6.20 Å². The maximum Gasteiger partial charge on any atom is 0.238 e. The number of nitrogens with zero attached hydrogens (tertiary/aromatic N) is 1. The normalized spacial score (nSPS) is 15.4. The van der Waals surface area contributed by atoms with Crippen molar-refractivity contribution >= 4 is 11.6 Å². The van der Waals surface area contributed by atoms with E-state index in [4.69, 9.17) is 26.2 Å². The average molecular weight is 306 g/mol. The van der Waals surface area contributed by atoms with Crippen molar-refractivity contribution in [2.75, 3.05) is 0 Å². The number of ether oxygens (including phenoxy) is 2. The van der Waals surface area contributed by atoms with E-state index in [1.54, 1.807) is 6.07 Å². The fourth-order valence-corrected chi connectivity index (χ4v) is 2.63. The molecule has 1 aliphatic rings. The zero-order valence-corrected chi connectivity index (χ0v) is 12.6. The van der Waals surface area contributed by atoms with Crippen LogP contribution < -0.4 is 9.47 Å². The molecule has 2 heterocycles. The first kappa shape index (κ1) is 14.2. The molecular formula is C16H16ClNO3. The molecule has 1 N–H and O–H groups in total. The zero-order valence-electron chi connectivity index (χ0n) is 11.9. The molecule has 0 atom stereocenters. The van der Waals surface area contributed by atoms with Crippen LogP contribution >= 0.6 is 11.6 Å². The van der Waals surface area contributed by atoms with Crippen LogP contribution in [0.5, 0.6) is 17.4 Å². The van der Waals surface area contributed by atoms with Crippen molar-refractivity contribution in [3.05, 3.63) is 46.6 Å². The fraction of sp³-hybridized carbons (Fsp3) is 0.312. The van der Waals surface area contributed by atoms with E-state index in [0.29, 0.717) is 22.2 Å². The summed E-state index contributed by atoms with van der Waals surface area (Å²) in [4.78, 5) is 4.14. The van der Waals surface area contributed by atoms with Crippen molar-refractivity contribution in [3.8, 4) is 17.4 Å². The molecule has 0 amide bonds. The van der Waals surface area contributed by atoms with Crippen molar-refractivity contribution in [3.63, 3.8) is 0 Å². The Hall–Kier alpha value is -1.78. The smallest absolute Gasteiger partial charge is 0.238 e. The molecule has 1 aromatic heterocycles. The molecular weight excluding hydrogens is 290 g/mol. The summed E-state index contributed by atoms with van der Waals surface area (Å²) in [6.45, 7) is 3.97. The Morgan fingerprint density at radius 2 is 2.24 bits per heavy atom. The molecule has 3 rings (SSSR count). The van der Waals surface area contributed by atoms with Gasteiger partial charge < -0.3 is 14.6 Å². The summed E-state index contributed by atoms with van der Waals surface area (Å²) in [5.41, 5.74) is 1.52. The standard InChI is InChI=1S/C16H16ClNO3/c1-16(2)7-11-4-3-5-13(14(11)21-16)20-15-12(17)6-10(9-19)8-18-15/h3-6,8,19H,7,9H2,1-2H3. The number of fused-ring (bicyclic) bond motifs is 1. The molecule has 0 spiro atoms. The lowest BCUT2D eigenvalue weighted by Crippen LogP contribution is -2.24. The number of para-hydroxylation sites is 1. The van der Waals surface area contributed by atoms with Crippen molar-refractivity contribution < 1.29 is 14.6 Å². The minimum atomic E-state index is -0.236. The maximum absolute atomic E-state index is 9.07. The minimum absolute atomic E-state index is 0.106. The van der Waals surface area contributed by atoms with Crippen LogP contribution in [0.2, 0.25) is 5.02 Å². The first-order valence-corrected chi connectivity index (χ1v) is 7.10. The molecule has 1 aliphatic heterocycles.